The normalized spacial score (nSPS) is 17.4. The molecule has 6 heteroatoms. The van der Waals surface area contributed by atoms with Crippen molar-refractivity contribution < 1.29 is 4.42 Å². The molecule has 1 aliphatic carbocycles. The second kappa shape index (κ2) is 7.78. The van der Waals surface area contributed by atoms with Crippen LogP contribution in [-0.2, 0) is 6.42 Å². The lowest BCUT2D eigenvalue weighted by Crippen LogP contribution is -2.31. The molecule has 25 heavy (non-hydrogen) atoms. The lowest BCUT2D eigenvalue weighted by molar-refractivity contribution is 0.228. The Morgan fingerprint density at radius 1 is 1.12 bits per heavy atom. The van der Waals surface area contributed by atoms with Gasteiger partial charge in [0.2, 0.25) is 0 Å². The van der Waals surface area contributed by atoms with Crippen LogP contribution in [0.2, 0.25) is 0 Å². The Bertz CT molecular complexity index is 733. The molecule has 2 aliphatic rings. The number of allylic oxidation sites excluding steroid dienone is 1. The van der Waals surface area contributed by atoms with Gasteiger partial charge in [-0.05, 0) is 62.9 Å². The Kier molecular flexibility index (Phi) is 5.06. The number of hydrogen-bond donors (Lipinski definition) is 1. The molecule has 0 unspecified atom stereocenters. The van der Waals surface area contributed by atoms with Gasteiger partial charge in [-0.2, -0.15) is 0 Å². The first-order valence-electron chi connectivity index (χ1n) is 9.34. The van der Waals surface area contributed by atoms with Crippen molar-refractivity contribution in [2.75, 3.05) is 31.5 Å². The van der Waals surface area contributed by atoms with Crippen molar-refractivity contribution in [2.24, 2.45) is 0 Å². The first-order chi connectivity index (χ1) is 12.4. The third-order valence-corrected chi connectivity index (χ3v) is 4.98. The monoisotopic (exact) mass is 339 g/mol. The summed E-state index contributed by atoms with van der Waals surface area (Å²) in [5, 5.41) is 11.6. The number of piperidine rings is 1. The molecule has 1 fully saturated rings. The Morgan fingerprint density at radius 2 is 2.04 bits per heavy atom. The Labute approximate surface area is 148 Å². The number of anilines is 1. The molecular formula is C19H25N5O. The quantitative estimate of drug-likeness (QED) is 0.814. The molecule has 0 spiro atoms. The summed E-state index contributed by atoms with van der Waals surface area (Å²) in [7, 11) is 0. The third-order valence-electron chi connectivity index (χ3n) is 4.98. The molecule has 0 amide bonds. The molecule has 1 aliphatic heterocycles. The topological polar surface area (TPSA) is 67.1 Å². The predicted octanol–water partition coefficient (Wildman–Crippen LogP) is 3.38. The minimum atomic E-state index is 0.498. The SMILES string of the molecule is C1=Cc2cncc(-c3nnc(NCCCN4CCCCC4)o3)c2CC1. The number of rotatable bonds is 6. The number of fused-ring (bicyclic) bond motifs is 1. The smallest absolute Gasteiger partial charge is 0.315 e. The molecule has 4 rings (SSSR count). The minimum Gasteiger partial charge on any atom is -0.403 e. The fraction of sp³-hybridized carbons (Fsp3) is 0.526. The molecule has 2 aromatic heterocycles. The Hall–Kier alpha value is -2.21. The van der Waals surface area contributed by atoms with Crippen molar-refractivity contribution in [1.29, 1.82) is 0 Å². The molecule has 3 heterocycles. The third kappa shape index (κ3) is 3.90. The van der Waals surface area contributed by atoms with Gasteiger partial charge in [0.15, 0.2) is 0 Å². The van der Waals surface area contributed by atoms with Crippen LogP contribution in [0.15, 0.2) is 22.9 Å². The van der Waals surface area contributed by atoms with Crippen molar-refractivity contribution in [3.05, 3.63) is 29.6 Å². The van der Waals surface area contributed by atoms with Gasteiger partial charge in [0.1, 0.15) is 0 Å². The van der Waals surface area contributed by atoms with E-state index in [2.05, 4.69) is 37.6 Å². The summed E-state index contributed by atoms with van der Waals surface area (Å²) in [6.07, 6.45) is 15.2. The zero-order valence-corrected chi connectivity index (χ0v) is 14.6. The van der Waals surface area contributed by atoms with Crippen molar-refractivity contribution in [1.82, 2.24) is 20.1 Å². The van der Waals surface area contributed by atoms with Crippen LogP contribution in [0.3, 0.4) is 0 Å². The van der Waals surface area contributed by atoms with Gasteiger partial charge in [0, 0.05) is 18.9 Å². The van der Waals surface area contributed by atoms with Gasteiger partial charge in [-0.25, -0.2) is 0 Å². The summed E-state index contributed by atoms with van der Waals surface area (Å²) in [5.41, 5.74) is 3.35. The number of nitrogens with one attached hydrogen (secondary N) is 1. The fourth-order valence-corrected chi connectivity index (χ4v) is 3.63. The molecule has 6 nitrogen and oxygen atoms in total. The molecule has 0 bridgehead atoms. The zero-order valence-electron chi connectivity index (χ0n) is 14.6. The van der Waals surface area contributed by atoms with E-state index in [0.29, 0.717) is 11.9 Å². The molecule has 132 valence electrons. The highest BCUT2D eigenvalue weighted by Crippen LogP contribution is 2.29. The van der Waals surface area contributed by atoms with Crippen LogP contribution in [-0.4, -0.2) is 46.3 Å². The molecule has 0 aromatic carbocycles. The summed E-state index contributed by atoms with van der Waals surface area (Å²) in [4.78, 5) is 6.85. The largest absolute Gasteiger partial charge is 0.403 e. The molecule has 1 N–H and O–H groups in total. The van der Waals surface area contributed by atoms with E-state index in [1.54, 1.807) is 0 Å². The number of hydrogen-bond acceptors (Lipinski definition) is 6. The number of aromatic nitrogens is 3. The van der Waals surface area contributed by atoms with E-state index in [-0.39, 0.29) is 0 Å². The van der Waals surface area contributed by atoms with Crippen molar-refractivity contribution >= 4 is 12.1 Å². The maximum atomic E-state index is 5.82. The molecular weight excluding hydrogens is 314 g/mol. The molecule has 0 saturated carbocycles. The van der Waals surface area contributed by atoms with Gasteiger partial charge in [-0.3, -0.25) is 4.98 Å². The summed E-state index contributed by atoms with van der Waals surface area (Å²) in [5.74, 6) is 0.554. The second-order valence-electron chi connectivity index (χ2n) is 6.79. The maximum Gasteiger partial charge on any atom is 0.315 e. The zero-order chi connectivity index (χ0) is 16.9. The van der Waals surface area contributed by atoms with Gasteiger partial charge < -0.3 is 14.6 Å². The van der Waals surface area contributed by atoms with E-state index < -0.39 is 0 Å². The van der Waals surface area contributed by atoms with E-state index in [4.69, 9.17) is 4.42 Å². The summed E-state index contributed by atoms with van der Waals surface area (Å²) < 4.78 is 5.82. The van der Waals surface area contributed by atoms with Crippen molar-refractivity contribution in [3.8, 4) is 11.5 Å². The van der Waals surface area contributed by atoms with Crippen LogP contribution < -0.4 is 5.32 Å². The van der Waals surface area contributed by atoms with Crippen LogP contribution >= 0.6 is 0 Å². The molecule has 0 radical (unpaired) electrons. The average molecular weight is 339 g/mol. The number of pyridine rings is 1. The molecule has 2 aromatic rings. The van der Waals surface area contributed by atoms with Crippen molar-refractivity contribution in [2.45, 2.75) is 38.5 Å². The van der Waals surface area contributed by atoms with Gasteiger partial charge in [0.25, 0.3) is 5.89 Å². The Balaban J connectivity index is 1.34. The predicted molar refractivity (Wildman–Crippen MR) is 98.3 cm³/mol. The summed E-state index contributed by atoms with van der Waals surface area (Å²) >= 11 is 0. The highest BCUT2D eigenvalue weighted by molar-refractivity contribution is 5.67. The Morgan fingerprint density at radius 3 is 2.96 bits per heavy atom. The second-order valence-corrected chi connectivity index (χ2v) is 6.79. The standard InChI is InChI=1S/C19H25N5O/c1-4-10-24(11-5-1)12-6-9-21-19-23-22-18(25-19)17-14-20-13-15-7-2-3-8-16(15)17/h2,7,13-14H,1,3-6,8-12H2,(H,21,23). The van der Waals surface area contributed by atoms with Gasteiger partial charge in [-0.15, -0.1) is 5.10 Å². The number of likely N-dealkylation sites (tertiary alicyclic amines) is 1. The summed E-state index contributed by atoms with van der Waals surface area (Å²) in [6, 6.07) is 0.498. The van der Waals surface area contributed by atoms with E-state index in [1.807, 2.05) is 12.4 Å². The van der Waals surface area contributed by atoms with Crippen LogP contribution in [0.25, 0.3) is 17.5 Å². The van der Waals surface area contributed by atoms with E-state index in [0.717, 1.165) is 43.5 Å². The maximum absolute atomic E-state index is 5.82. The first-order valence-corrected chi connectivity index (χ1v) is 9.34. The van der Waals surface area contributed by atoms with Crippen molar-refractivity contribution in [3.63, 3.8) is 0 Å². The van der Waals surface area contributed by atoms with E-state index in [1.165, 1.54) is 37.9 Å². The van der Waals surface area contributed by atoms with Crippen LogP contribution in [0.1, 0.15) is 43.2 Å². The molecule has 1 saturated heterocycles. The van der Waals surface area contributed by atoms with Crippen LogP contribution in [0.5, 0.6) is 0 Å². The fourth-order valence-electron chi connectivity index (χ4n) is 3.63. The lowest BCUT2D eigenvalue weighted by Gasteiger charge is -2.26. The summed E-state index contributed by atoms with van der Waals surface area (Å²) in [6.45, 7) is 4.47. The average Bonchev–Trinajstić information content (AvgIpc) is 3.14. The molecule has 0 atom stereocenters. The highest BCUT2D eigenvalue weighted by Gasteiger charge is 2.17. The van der Waals surface area contributed by atoms with Crippen LogP contribution in [0, 0.1) is 0 Å². The van der Waals surface area contributed by atoms with E-state index >= 15 is 0 Å². The number of nitrogens with zero attached hydrogens (tertiary/aromatic N) is 4. The van der Waals surface area contributed by atoms with Gasteiger partial charge in [0.05, 0.1) is 5.56 Å². The van der Waals surface area contributed by atoms with Crippen LogP contribution in [0.4, 0.5) is 6.01 Å². The minimum absolute atomic E-state index is 0.498. The van der Waals surface area contributed by atoms with Gasteiger partial charge >= 0.3 is 6.01 Å². The first kappa shape index (κ1) is 16.3. The van der Waals surface area contributed by atoms with E-state index in [9.17, 15) is 0 Å². The van der Waals surface area contributed by atoms with Gasteiger partial charge in [-0.1, -0.05) is 23.7 Å². The highest BCUT2D eigenvalue weighted by atomic mass is 16.4. The lowest BCUT2D eigenvalue weighted by atomic mass is 9.95.